The first-order chi connectivity index (χ1) is 12.1. The molecule has 4 rings (SSSR count). The third-order valence-corrected chi connectivity index (χ3v) is 4.88. The molecule has 25 heavy (non-hydrogen) atoms. The van der Waals surface area contributed by atoms with Gasteiger partial charge in [0, 0.05) is 42.3 Å². The summed E-state index contributed by atoms with van der Waals surface area (Å²) in [5.74, 6) is 2.13. The van der Waals surface area contributed by atoms with Crippen molar-refractivity contribution in [2.75, 3.05) is 24.5 Å². The highest BCUT2D eigenvalue weighted by molar-refractivity contribution is 5.85. The van der Waals surface area contributed by atoms with Gasteiger partial charge in [0.25, 0.3) is 0 Å². The first kappa shape index (κ1) is 16.0. The van der Waals surface area contributed by atoms with Crippen molar-refractivity contribution in [2.45, 2.75) is 26.8 Å². The van der Waals surface area contributed by atoms with Gasteiger partial charge in [0.2, 0.25) is 0 Å². The maximum atomic E-state index is 4.78. The van der Waals surface area contributed by atoms with Crippen LogP contribution in [0.2, 0.25) is 0 Å². The summed E-state index contributed by atoms with van der Waals surface area (Å²) in [4.78, 5) is 7.07. The Morgan fingerprint density at radius 3 is 3.00 bits per heavy atom. The standard InChI is InChI=1S/C18H23N7/c1-11(2)16-10-25(7-6-19-16)17-9-20-24-18(21-17)13-4-5-15-14(8-13)12(3)22-23-15/h4-5,8-9,11,16,19H,6-7,10H2,1-3H3,(H,22,23)/t16-/m1/s1. The number of benzene rings is 1. The Kier molecular flexibility index (Phi) is 4.09. The number of rotatable bonds is 3. The highest BCUT2D eigenvalue weighted by Gasteiger charge is 2.23. The van der Waals surface area contributed by atoms with Crippen molar-refractivity contribution in [3.63, 3.8) is 0 Å². The van der Waals surface area contributed by atoms with Crippen molar-refractivity contribution in [2.24, 2.45) is 5.92 Å². The van der Waals surface area contributed by atoms with E-state index in [1.165, 1.54) is 0 Å². The van der Waals surface area contributed by atoms with Crippen LogP contribution in [0.25, 0.3) is 22.3 Å². The van der Waals surface area contributed by atoms with Crippen LogP contribution in [0.3, 0.4) is 0 Å². The molecule has 0 bridgehead atoms. The fourth-order valence-electron chi connectivity index (χ4n) is 3.28. The van der Waals surface area contributed by atoms with Crippen molar-refractivity contribution in [3.8, 4) is 11.4 Å². The Labute approximate surface area is 146 Å². The molecule has 0 saturated carbocycles. The van der Waals surface area contributed by atoms with E-state index in [1.54, 1.807) is 6.20 Å². The molecule has 2 N–H and O–H groups in total. The molecule has 1 fully saturated rings. The first-order valence-electron chi connectivity index (χ1n) is 8.75. The Hall–Kier alpha value is -2.54. The van der Waals surface area contributed by atoms with Crippen LogP contribution in [-0.2, 0) is 0 Å². The van der Waals surface area contributed by atoms with E-state index in [-0.39, 0.29) is 0 Å². The molecule has 0 aliphatic carbocycles. The van der Waals surface area contributed by atoms with Gasteiger partial charge in [0.05, 0.1) is 11.7 Å². The van der Waals surface area contributed by atoms with Crippen molar-refractivity contribution in [1.29, 1.82) is 0 Å². The zero-order valence-corrected chi connectivity index (χ0v) is 14.8. The quantitative estimate of drug-likeness (QED) is 0.762. The van der Waals surface area contributed by atoms with Crippen LogP contribution in [0.15, 0.2) is 24.4 Å². The number of nitrogens with one attached hydrogen (secondary N) is 2. The van der Waals surface area contributed by atoms with Gasteiger partial charge in [-0.3, -0.25) is 5.10 Å². The molecule has 3 aromatic rings. The normalized spacial score (nSPS) is 18.2. The van der Waals surface area contributed by atoms with Crippen LogP contribution in [0.1, 0.15) is 19.5 Å². The molecule has 0 unspecified atom stereocenters. The van der Waals surface area contributed by atoms with Gasteiger partial charge in [0.1, 0.15) is 0 Å². The van der Waals surface area contributed by atoms with Crippen molar-refractivity contribution in [3.05, 3.63) is 30.1 Å². The van der Waals surface area contributed by atoms with E-state index in [9.17, 15) is 0 Å². The zero-order chi connectivity index (χ0) is 17.4. The van der Waals surface area contributed by atoms with Gasteiger partial charge in [0.15, 0.2) is 11.6 Å². The van der Waals surface area contributed by atoms with E-state index >= 15 is 0 Å². The second-order valence-corrected chi connectivity index (χ2v) is 6.97. The van der Waals surface area contributed by atoms with Gasteiger partial charge >= 0.3 is 0 Å². The summed E-state index contributed by atoms with van der Waals surface area (Å²) >= 11 is 0. The number of aryl methyl sites for hydroxylation is 1. The van der Waals surface area contributed by atoms with Gasteiger partial charge < -0.3 is 10.2 Å². The number of anilines is 1. The number of aromatic nitrogens is 5. The van der Waals surface area contributed by atoms with Crippen LogP contribution in [0.5, 0.6) is 0 Å². The monoisotopic (exact) mass is 337 g/mol. The van der Waals surface area contributed by atoms with Crippen molar-refractivity contribution >= 4 is 16.7 Å². The van der Waals surface area contributed by atoms with Crippen molar-refractivity contribution in [1.82, 2.24) is 30.7 Å². The predicted octanol–water partition coefficient (Wildman–Crippen LogP) is 2.16. The molecule has 7 nitrogen and oxygen atoms in total. The summed E-state index contributed by atoms with van der Waals surface area (Å²) in [6.45, 7) is 9.33. The molecule has 1 aromatic carbocycles. The number of fused-ring (bicyclic) bond motifs is 1. The minimum atomic E-state index is 0.470. The van der Waals surface area contributed by atoms with Gasteiger partial charge in [-0.1, -0.05) is 13.8 Å². The average molecular weight is 337 g/mol. The molecule has 2 aromatic heterocycles. The highest BCUT2D eigenvalue weighted by atomic mass is 15.3. The SMILES string of the molecule is Cc1[nH]nc2ccc(-c3nncc(N4CCN[C@@H](C(C)C)C4)n3)cc12. The van der Waals surface area contributed by atoms with E-state index in [2.05, 4.69) is 50.5 Å². The number of aromatic amines is 1. The van der Waals surface area contributed by atoms with Gasteiger partial charge in [-0.15, -0.1) is 5.10 Å². The van der Waals surface area contributed by atoms with E-state index in [1.807, 2.05) is 19.1 Å². The fraction of sp³-hybridized carbons (Fsp3) is 0.444. The Balaban J connectivity index is 1.65. The van der Waals surface area contributed by atoms with E-state index in [4.69, 9.17) is 4.98 Å². The van der Waals surface area contributed by atoms with E-state index < -0.39 is 0 Å². The molecule has 3 heterocycles. The van der Waals surface area contributed by atoms with Crippen LogP contribution < -0.4 is 10.2 Å². The predicted molar refractivity (Wildman–Crippen MR) is 98.5 cm³/mol. The smallest absolute Gasteiger partial charge is 0.183 e. The van der Waals surface area contributed by atoms with Gasteiger partial charge in [-0.25, -0.2) is 4.98 Å². The lowest BCUT2D eigenvalue weighted by Gasteiger charge is -2.36. The topological polar surface area (TPSA) is 82.6 Å². The summed E-state index contributed by atoms with van der Waals surface area (Å²) in [6.07, 6.45) is 1.76. The molecule has 1 saturated heterocycles. The lowest BCUT2D eigenvalue weighted by molar-refractivity contribution is 0.367. The van der Waals surface area contributed by atoms with Crippen LogP contribution in [0, 0.1) is 12.8 Å². The lowest BCUT2D eigenvalue weighted by atomic mass is 10.0. The second-order valence-electron chi connectivity index (χ2n) is 6.97. The van der Waals surface area contributed by atoms with Gasteiger partial charge in [-0.05, 0) is 31.0 Å². The van der Waals surface area contributed by atoms with E-state index in [0.29, 0.717) is 17.8 Å². The fourth-order valence-corrected chi connectivity index (χ4v) is 3.28. The molecular weight excluding hydrogens is 314 g/mol. The largest absolute Gasteiger partial charge is 0.352 e. The molecule has 7 heteroatoms. The van der Waals surface area contributed by atoms with Crippen LogP contribution in [-0.4, -0.2) is 51.1 Å². The Morgan fingerprint density at radius 1 is 1.28 bits per heavy atom. The highest BCUT2D eigenvalue weighted by Crippen LogP contribution is 2.24. The minimum absolute atomic E-state index is 0.470. The lowest BCUT2D eigenvalue weighted by Crippen LogP contribution is -2.53. The molecule has 1 atom stereocenters. The second kappa shape index (κ2) is 6.40. The number of H-pyrrole nitrogens is 1. The summed E-state index contributed by atoms with van der Waals surface area (Å²) in [6, 6.07) is 6.53. The molecule has 130 valence electrons. The summed E-state index contributed by atoms with van der Waals surface area (Å²) in [5.41, 5.74) is 2.96. The van der Waals surface area contributed by atoms with E-state index in [0.717, 1.165) is 47.6 Å². The van der Waals surface area contributed by atoms with Gasteiger partial charge in [-0.2, -0.15) is 10.2 Å². The number of piperazine rings is 1. The first-order valence-corrected chi connectivity index (χ1v) is 8.75. The van der Waals surface area contributed by atoms with Crippen LogP contribution in [0.4, 0.5) is 5.82 Å². The molecule has 0 radical (unpaired) electrons. The maximum Gasteiger partial charge on any atom is 0.183 e. The summed E-state index contributed by atoms with van der Waals surface area (Å²) < 4.78 is 0. The Bertz CT molecular complexity index is 886. The molecule has 1 aliphatic heterocycles. The summed E-state index contributed by atoms with van der Waals surface area (Å²) in [5, 5.41) is 20.4. The van der Waals surface area contributed by atoms with Crippen LogP contribution >= 0.6 is 0 Å². The maximum absolute atomic E-state index is 4.78. The minimum Gasteiger partial charge on any atom is -0.352 e. The molecular formula is C18H23N7. The molecule has 1 aliphatic rings. The molecule has 0 spiro atoms. The number of hydrogen-bond donors (Lipinski definition) is 2. The van der Waals surface area contributed by atoms with Crippen molar-refractivity contribution < 1.29 is 0 Å². The zero-order valence-electron chi connectivity index (χ0n) is 14.8. The molecule has 0 amide bonds. The Morgan fingerprint density at radius 2 is 2.16 bits per heavy atom. The average Bonchev–Trinajstić information content (AvgIpc) is 3.02. The third kappa shape index (κ3) is 3.07. The number of hydrogen-bond acceptors (Lipinski definition) is 6. The third-order valence-electron chi connectivity index (χ3n) is 4.88. The number of nitrogens with zero attached hydrogens (tertiary/aromatic N) is 5. The summed E-state index contributed by atoms with van der Waals surface area (Å²) in [7, 11) is 0.